The Kier molecular flexibility index (Phi) is 4.74. The van der Waals surface area contributed by atoms with Crippen LogP contribution in [0.1, 0.15) is 0 Å². The predicted molar refractivity (Wildman–Crippen MR) is 54.6 cm³/mol. The van der Waals surface area contributed by atoms with Gasteiger partial charge in [-0.2, -0.15) is 5.06 Å². The van der Waals surface area contributed by atoms with Gasteiger partial charge in [0, 0.05) is 17.6 Å². The minimum absolute atomic E-state index is 0.0471. The molecule has 6 nitrogen and oxygen atoms in total. The van der Waals surface area contributed by atoms with Crippen LogP contribution in [0.5, 0.6) is 0 Å². The van der Waals surface area contributed by atoms with Gasteiger partial charge in [0.2, 0.25) is 6.41 Å². The highest BCUT2D eigenvalue weighted by Gasteiger charge is 2.22. The number of nitrogens with zero attached hydrogens (tertiary/aromatic N) is 1. The summed E-state index contributed by atoms with van der Waals surface area (Å²) < 4.78 is 0. The molecule has 1 aliphatic heterocycles. The summed E-state index contributed by atoms with van der Waals surface area (Å²) in [5.41, 5.74) is 6.27. The van der Waals surface area contributed by atoms with Crippen LogP contribution in [0.15, 0.2) is 11.1 Å². The topological polar surface area (TPSA) is 93.6 Å². The number of amides is 1. The minimum Gasteiger partial charge on any atom is -0.400 e. The third kappa shape index (κ3) is 3.54. The van der Waals surface area contributed by atoms with Gasteiger partial charge >= 0.3 is 0 Å². The summed E-state index contributed by atoms with van der Waals surface area (Å²) in [4.78, 5) is 15.4. The molecular formula is C7H14N4O2S. The number of nitrogens with two attached hydrogens (primary N) is 2. The molecule has 1 amide bonds. The quantitative estimate of drug-likeness (QED) is 0.394. The van der Waals surface area contributed by atoms with E-state index in [0.29, 0.717) is 31.8 Å². The summed E-state index contributed by atoms with van der Waals surface area (Å²) in [5.74, 6) is 0. The third-order valence-electron chi connectivity index (χ3n) is 1.76. The van der Waals surface area contributed by atoms with Crippen LogP contribution < -0.4 is 16.2 Å². The van der Waals surface area contributed by atoms with E-state index in [1.165, 1.54) is 0 Å². The summed E-state index contributed by atoms with van der Waals surface area (Å²) in [7, 11) is 0. The van der Waals surface area contributed by atoms with Gasteiger partial charge in [-0.05, 0) is 0 Å². The molecule has 0 unspecified atom stereocenters. The van der Waals surface area contributed by atoms with E-state index in [0.717, 1.165) is 11.9 Å². The molecule has 0 spiro atoms. The monoisotopic (exact) mass is 218 g/mol. The zero-order chi connectivity index (χ0) is 10.4. The second kappa shape index (κ2) is 5.86. The molecule has 0 aromatic carbocycles. The molecule has 0 aliphatic carbocycles. The molecule has 0 aromatic heterocycles. The van der Waals surface area contributed by atoms with E-state index in [-0.39, 0.29) is 6.04 Å². The van der Waals surface area contributed by atoms with Gasteiger partial charge in [0.1, 0.15) is 0 Å². The van der Waals surface area contributed by atoms with Crippen molar-refractivity contribution in [2.75, 3.05) is 19.7 Å². The molecule has 1 fully saturated rings. The van der Waals surface area contributed by atoms with Crippen molar-refractivity contribution in [1.82, 2.24) is 10.4 Å². The Bertz CT molecular complexity index is 224. The highest BCUT2D eigenvalue weighted by molar-refractivity contribution is 7.99. The second-order valence-electron chi connectivity index (χ2n) is 2.93. The van der Waals surface area contributed by atoms with Crippen molar-refractivity contribution < 1.29 is 9.63 Å². The number of carbonyl (C=O) groups is 1. The van der Waals surface area contributed by atoms with Crippen LogP contribution >= 0.6 is 11.9 Å². The number of hydroxylamine groups is 2. The average molecular weight is 218 g/mol. The van der Waals surface area contributed by atoms with E-state index >= 15 is 0 Å². The Morgan fingerprint density at radius 1 is 1.79 bits per heavy atom. The van der Waals surface area contributed by atoms with E-state index in [9.17, 15) is 4.79 Å². The van der Waals surface area contributed by atoms with Gasteiger partial charge < -0.3 is 11.1 Å². The standard InChI is InChI=1S/C7H14N4O2S/c8-6(4-14-9)1-11-2-7(3-13-11)10-5-12/h4-5,7H,1-3,8-9H2,(H,10,12)/b6-4-/t7-/m1/s1. The highest BCUT2D eigenvalue weighted by atomic mass is 32.2. The lowest BCUT2D eigenvalue weighted by Gasteiger charge is -2.13. The van der Waals surface area contributed by atoms with Crippen LogP contribution in [0.3, 0.4) is 0 Å². The van der Waals surface area contributed by atoms with Crippen molar-refractivity contribution in [3.05, 3.63) is 11.1 Å². The zero-order valence-corrected chi connectivity index (χ0v) is 8.50. The Morgan fingerprint density at radius 2 is 2.57 bits per heavy atom. The smallest absolute Gasteiger partial charge is 0.207 e. The van der Waals surface area contributed by atoms with Gasteiger partial charge in [0.25, 0.3) is 0 Å². The van der Waals surface area contributed by atoms with Crippen molar-refractivity contribution in [1.29, 1.82) is 0 Å². The number of carbonyl (C=O) groups excluding carboxylic acids is 1. The molecule has 0 aromatic rings. The van der Waals surface area contributed by atoms with Crippen LogP contribution in [0.2, 0.25) is 0 Å². The lowest BCUT2D eigenvalue weighted by molar-refractivity contribution is -0.110. The summed E-state index contributed by atoms with van der Waals surface area (Å²) in [6.45, 7) is 1.63. The van der Waals surface area contributed by atoms with Gasteiger partial charge in [-0.1, -0.05) is 11.9 Å². The number of nitrogens with one attached hydrogen (secondary N) is 1. The summed E-state index contributed by atoms with van der Waals surface area (Å²) in [5, 5.41) is 11.2. The largest absolute Gasteiger partial charge is 0.400 e. The van der Waals surface area contributed by atoms with E-state index in [2.05, 4.69) is 5.32 Å². The molecule has 5 N–H and O–H groups in total. The molecule has 1 atom stereocenters. The normalized spacial score (nSPS) is 23.8. The van der Waals surface area contributed by atoms with Gasteiger partial charge in [0.15, 0.2) is 0 Å². The highest BCUT2D eigenvalue weighted by Crippen LogP contribution is 2.07. The first-order valence-electron chi connectivity index (χ1n) is 4.14. The van der Waals surface area contributed by atoms with Crippen LogP contribution in [-0.2, 0) is 9.63 Å². The maximum Gasteiger partial charge on any atom is 0.207 e. The van der Waals surface area contributed by atoms with E-state index in [1.807, 2.05) is 0 Å². The summed E-state index contributed by atoms with van der Waals surface area (Å²) in [6.07, 6.45) is 0.673. The molecule has 1 heterocycles. The van der Waals surface area contributed by atoms with E-state index < -0.39 is 0 Å². The maximum absolute atomic E-state index is 10.2. The summed E-state index contributed by atoms with van der Waals surface area (Å²) in [6, 6.07) is 0.0471. The molecule has 0 bridgehead atoms. The number of hydrogen-bond acceptors (Lipinski definition) is 6. The van der Waals surface area contributed by atoms with Crippen molar-refractivity contribution in [3.8, 4) is 0 Å². The Balaban J connectivity index is 2.28. The lowest BCUT2D eigenvalue weighted by Crippen LogP contribution is -2.33. The van der Waals surface area contributed by atoms with Crippen molar-refractivity contribution >= 4 is 18.4 Å². The van der Waals surface area contributed by atoms with Gasteiger partial charge in [-0.3, -0.25) is 14.8 Å². The molecule has 1 rings (SSSR count). The Morgan fingerprint density at radius 3 is 3.21 bits per heavy atom. The van der Waals surface area contributed by atoms with Crippen molar-refractivity contribution in [2.45, 2.75) is 6.04 Å². The third-order valence-corrected chi connectivity index (χ3v) is 2.20. The van der Waals surface area contributed by atoms with Crippen LogP contribution in [0.4, 0.5) is 0 Å². The maximum atomic E-state index is 10.2. The van der Waals surface area contributed by atoms with Gasteiger partial charge in [-0.15, -0.1) is 0 Å². The van der Waals surface area contributed by atoms with Gasteiger partial charge in [0.05, 0.1) is 19.2 Å². The first kappa shape index (κ1) is 11.3. The van der Waals surface area contributed by atoms with Crippen molar-refractivity contribution in [2.24, 2.45) is 10.9 Å². The molecule has 0 saturated carbocycles. The first-order chi connectivity index (χ1) is 6.76. The lowest BCUT2D eigenvalue weighted by atomic mass is 10.3. The fourth-order valence-corrected chi connectivity index (χ4v) is 1.43. The number of rotatable bonds is 5. The Labute approximate surface area is 86.7 Å². The molecule has 0 radical (unpaired) electrons. The Hall–Kier alpha value is -0.760. The molecule has 7 heteroatoms. The van der Waals surface area contributed by atoms with Crippen LogP contribution in [-0.4, -0.2) is 37.2 Å². The zero-order valence-electron chi connectivity index (χ0n) is 7.68. The summed E-state index contributed by atoms with van der Waals surface area (Å²) >= 11 is 1.06. The molecule has 14 heavy (non-hydrogen) atoms. The van der Waals surface area contributed by atoms with E-state index in [4.69, 9.17) is 15.7 Å². The van der Waals surface area contributed by atoms with E-state index in [1.54, 1.807) is 10.5 Å². The predicted octanol–water partition coefficient (Wildman–Crippen LogP) is -1.24. The fourth-order valence-electron chi connectivity index (χ4n) is 1.18. The molecular weight excluding hydrogens is 204 g/mol. The first-order valence-corrected chi connectivity index (χ1v) is 5.08. The van der Waals surface area contributed by atoms with Crippen molar-refractivity contribution in [3.63, 3.8) is 0 Å². The SMILES string of the molecule is NS/C=C(\N)CN1C[C@@H](NC=O)CO1. The minimum atomic E-state index is 0.0471. The van der Waals surface area contributed by atoms with Crippen LogP contribution in [0, 0.1) is 0 Å². The molecule has 80 valence electrons. The van der Waals surface area contributed by atoms with Crippen LogP contribution in [0.25, 0.3) is 0 Å². The average Bonchev–Trinajstić information content (AvgIpc) is 2.53. The fraction of sp³-hybridized carbons (Fsp3) is 0.571. The second-order valence-corrected chi connectivity index (χ2v) is 3.44. The van der Waals surface area contributed by atoms with Gasteiger partial charge in [-0.25, -0.2) is 0 Å². The number of hydrogen-bond donors (Lipinski definition) is 3. The molecule has 1 saturated heterocycles. The molecule has 1 aliphatic rings.